The molecule has 0 saturated carbocycles. The Morgan fingerprint density at radius 3 is 2.28 bits per heavy atom. The van der Waals surface area contributed by atoms with Crippen LogP contribution in [0.15, 0.2) is 71.6 Å². The monoisotopic (exact) mass is 527 g/mol. The molecule has 3 aromatic carbocycles. The number of para-hydroxylation sites is 1. The highest BCUT2D eigenvalue weighted by atomic mass is 35.5. The minimum atomic E-state index is -3.57. The molecule has 1 fully saturated rings. The Bertz CT molecular complexity index is 1300. The third-order valence-corrected chi connectivity index (χ3v) is 8.39. The van der Waals surface area contributed by atoms with Gasteiger partial charge in [0.05, 0.1) is 21.3 Å². The van der Waals surface area contributed by atoms with Gasteiger partial charge in [-0.2, -0.15) is 4.31 Å². The van der Waals surface area contributed by atoms with Crippen molar-refractivity contribution in [2.75, 3.05) is 43.0 Å². The van der Waals surface area contributed by atoms with E-state index in [4.69, 9.17) is 16.3 Å². The highest BCUT2D eigenvalue weighted by Crippen LogP contribution is 2.35. The summed E-state index contributed by atoms with van der Waals surface area (Å²) in [6.45, 7) is 5.37. The first-order chi connectivity index (χ1) is 17.3. The number of nitrogens with zero attached hydrogens (tertiary/aromatic N) is 2. The first-order valence-electron chi connectivity index (χ1n) is 11.9. The van der Waals surface area contributed by atoms with Crippen molar-refractivity contribution in [3.8, 4) is 5.75 Å². The maximum atomic E-state index is 13.1. The molecule has 0 radical (unpaired) electrons. The van der Waals surface area contributed by atoms with Crippen molar-refractivity contribution in [3.63, 3.8) is 0 Å². The number of carbonyl (C=O) groups excluding carboxylic acids is 1. The largest absolute Gasteiger partial charge is 0.484 e. The minimum Gasteiger partial charge on any atom is -0.484 e. The van der Waals surface area contributed by atoms with Crippen LogP contribution in [0.25, 0.3) is 0 Å². The predicted molar refractivity (Wildman–Crippen MR) is 144 cm³/mol. The second-order valence-corrected chi connectivity index (χ2v) is 11.0. The van der Waals surface area contributed by atoms with Crippen molar-refractivity contribution < 1.29 is 17.9 Å². The van der Waals surface area contributed by atoms with Crippen LogP contribution in [0.2, 0.25) is 5.02 Å². The van der Waals surface area contributed by atoms with Crippen LogP contribution in [0.4, 0.5) is 11.4 Å². The van der Waals surface area contributed by atoms with Crippen LogP contribution in [-0.2, 0) is 21.2 Å². The zero-order valence-corrected chi connectivity index (χ0v) is 22.0. The molecule has 1 heterocycles. The molecule has 1 aliphatic heterocycles. The van der Waals surface area contributed by atoms with Crippen molar-refractivity contribution in [3.05, 3.63) is 82.9 Å². The van der Waals surface area contributed by atoms with Crippen LogP contribution >= 0.6 is 11.6 Å². The van der Waals surface area contributed by atoms with Gasteiger partial charge in [-0.1, -0.05) is 54.4 Å². The molecule has 0 bridgehead atoms. The van der Waals surface area contributed by atoms with Gasteiger partial charge in [0, 0.05) is 26.2 Å². The van der Waals surface area contributed by atoms with Crippen LogP contribution < -0.4 is 15.0 Å². The van der Waals surface area contributed by atoms with Gasteiger partial charge in [-0.15, -0.1) is 0 Å². The summed E-state index contributed by atoms with van der Waals surface area (Å²) in [6.07, 6.45) is 0.935. The van der Waals surface area contributed by atoms with E-state index in [0.717, 1.165) is 12.0 Å². The third kappa shape index (κ3) is 6.00. The molecular weight excluding hydrogens is 498 g/mol. The number of piperazine rings is 1. The molecule has 190 valence electrons. The molecular formula is C27H30ClN3O4S. The third-order valence-electron chi connectivity index (χ3n) is 6.18. The Kier molecular flexibility index (Phi) is 8.18. The summed E-state index contributed by atoms with van der Waals surface area (Å²) < 4.78 is 33.2. The molecule has 3 aromatic rings. The number of hydrogen-bond acceptors (Lipinski definition) is 5. The van der Waals surface area contributed by atoms with Crippen molar-refractivity contribution in [2.45, 2.75) is 25.2 Å². The van der Waals surface area contributed by atoms with E-state index in [9.17, 15) is 13.2 Å². The van der Waals surface area contributed by atoms with E-state index in [0.29, 0.717) is 48.3 Å². The van der Waals surface area contributed by atoms with Gasteiger partial charge in [-0.05, 0) is 55.3 Å². The number of carbonyl (C=O) groups is 1. The van der Waals surface area contributed by atoms with E-state index in [-0.39, 0.29) is 17.4 Å². The number of amides is 1. The van der Waals surface area contributed by atoms with Crippen LogP contribution in [0.1, 0.15) is 18.1 Å². The molecule has 9 heteroatoms. The number of anilines is 2. The van der Waals surface area contributed by atoms with Gasteiger partial charge in [0.1, 0.15) is 5.75 Å². The second-order valence-electron chi connectivity index (χ2n) is 8.67. The standard InChI is InChI=1S/C27H30ClN3O4S/c1-3-21-9-11-22(12-10-21)35-19-26(32)29-25-6-4-5-24(28)27(25)30-15-17-31(18-16-30)36(33,34)23-13-7-20(2)8-14-23/h4-14H,3,15-19H2,1-2H3,(H,29,32). The Labute approximate surface area is 217 Å². The fourth-order valence-electron chi connectivity index (χ4n) is 4.11. The lowest BCUT2D eigenvalue weighted by Gasteiger charge is -2.36. The Balaban J connectivity index is 1.40. The summed E-state index contributed by atoms with van der Waals surface area (Å²) in [5.74, 6) is 0.318. The first kappa shape index (κ1) is 26.0. The number of halogens is 1. The van der Waals surface area contributed by atoms with Crippen molar-refractivity contribution in [1.82, 2.24) is 4.31 Å². The number of ether oxygens (including phenoxy) is 1. The minimum absolute atomic E-state index is 0.139. The summed E-state index contributed by atoms with van der Waals surface area (Å²) in [5.41, 5.74) is 3.44. The average Bonchev–Trinajstić information content (AvgIpc) is 2.88. The Hall–Kier alpha value is -3.07. The number of rotatable bonds is 8. The number of sulfonamides is 1. The topological polar surface area (TPSA) is 79.0 Å². The van der Waals surface area contributed by atoms with Gasteiger partial charge >= 0.3 is 0 Å². The van der Waals surface area contributed by atoms with Gasteiger partial charge in [-0.3, -0.25) is 4.79 Å². The van der Waals surface area contributed by atoms with E-state index >= 15 is 0 Å². The SMILES string of the molecule is CCc1ccc(OCC(=O)Nc2cccc(Cl)c2N2CCN(S(=O)(=O)c3ccc(C)cc3)CC2)cc1. The summed E-state index contributed by atoms with van der Waals surface area (Å²) in [5, 5.41) is 3.38. The second kappa shape index (κ2) is 11.3. The molecule has 1 aliphatic rings. The quantitative estimate of drug-likeness (QED) is 0.458. The van der Waals surface area contributed by atoms with Crippen molar-refractivity contribution in [2.24, 2.45) is 0 Å². The van der Waals surface area contributed by atoms with Crippen LogP contribution in [0.5, 0.6) is 5.75 Å². The van der Waals surface area contributed by atoms with E-state index in [1.54, 1.807) is 42.5 Å². The lowest BCUT2D eigenvalue weighted by molar-refractivity contribution is -0.118. The molecule has 0 aromatic heterocycles. The number of aryl methyl sites for hydroxylation is 2. The fourth-order valence-corrected chi connectivity index (χ4v) is 5.82. The molecule has 0 spiro atoms. The fraction of sp³-hybridized carbons (Fsp3) is 0.296. The van der Waals surface area contributed by atoms with Gasteiger partial charge < -0.3 is 15.0 Å². The maximum absolute atomic E-state index is 13.1. The van der Waals surface area contributed by atoms with Gasteiger partial charge in [0.15, 0.2) is 6.61 Å². The molecule has 1 N–H and O–H groups in total. The zero-order chi connectivity index (χ0) is 25.7. The summed E-state index contributed by atoms with van der Waals surface area (Å²) >= 11 is 6.53. The van der Waals surface area contributed by atoms with Crippen molar-refractivity contribution >= 4 is 38.9 Å². The molecule has 0 aliphatic carbocycles. The lowest BCUT2D eigenvalue weighted by Crippen LogP contribution is -2.49. The first-order valence-corrected chi connectivity index (χ1v) is 13.7. The smallest absolute Gasteiger partial charge is 0.262 e. The molecule has 1 amide bonds. The van der Waals surface area contributed by atoms with Gasteiger partial charge in [0.25, 0.3) is 5.91 Å². The van der Waals surface area contributed by atoms with E-state index in [1.807, 2.05) is 36.1 Å². The zero-order valence-electron chi connectivity index (χ0n) is 20.4. The molecule has 7 nitrogen and oxygen atoms in total. The molecule has 0 unspecified atom stereocenters. The van der Waals surface area contributed by atoms with E-state index in [1.165, 1.54) is 9.87 Å². The van der Waals surface area contributed by atoms with Gasteiger partial charge in [-0.25, -0.2) is 8.42 Å². The van der Waals surface area contributed by atoms with Crippen LogP contribution in [0.3, 0.4) is 0 Å². The Morgan fingerprint density at radius 2 is 1.64 bits per heavy atom. The van der Waals surface area contributed by atoms with Crippen LogP contribution in [0, 0.1) is 6.92 Å². The molecule has 4 rings (SSSR count). The number of nitrogens with one attached hydrogen (secondary N) is 1. The maximum Gasteiger partial charge on any atom is 0.262 e. The molecule has 36 heavy (non-hydrogen) atoms. The van der Waals surface area contributed by atoms with E-state index < -0.39 is 10.0 Å². The van der Waals surface area contributed by atoms with Crippen LogP contribution in [-0.4, -0.2) is 51.4 Å². The lowest BCUT2D eigenvalue weighted by atomic mass is 10.2. The molecule has 0 atom stereocenters. The number of hydrogen-bond donors (Lipinski definition) is 1. The van der Waals surface area contributed by atoms with Gasteiger partial charge in [0.2, 0.25) is 10.0 Å². The normalized spacial score (nSPS) is 14.5. The van der Waals surface area contributed by atoms with Crippen molar-refractivity contribution in [1.29, 1.82) is 0 Å². The Morgan fingerprint density at radius 1 is 0.972 bits per heavy atom. The average molecular weight is 528 g/mol. The molecule has 1 saturated heterocycles. The summed E-state index contributed by atoms with van der Waals surface area (Å²) in [6, 6.07) is 19.8. The van der Waals surface area contributed by atoms with E-state index in [2.05, 4.69) is 12.2 Å². The summed E-state index contributed by atoms with van der Waals surface area (Å²) in [4.78, 5) is 14.9. The highest BCUT2D eigenvalue weighted by molar-refractivity contribution is 7.89. The predicted octanol–water partition coefficient (Wildman–Crippen LogP) is 4.74. The highest BCUT2D eigenvalue weighted by Gasteiger charge is 2.30. The number of benzene rings is 3. The summed E-state index contributed by atoms with van der Waals surface area (Å²) in [7, 11) is -3.57.